The fourth-order valence-corrected chi connectivity index (χ4v) is 3.78. The molecule has 0 spiro atoms. The van der Waals surface area contributed by atoms with Gasteiger partial charge in [-0.05, 0) is 35.4 Å². The summed E-state index contributed by atoms with van der Waals surface area (Å²) >= 11 is 1.48. The van der Waals surface area contributed by atoms with Crippen molar-refractivity contribution < 1.29 is 14.0 Å². The van der Waals surface area contributed by atoms with Gasteiger partial charge >= 0.3 is 0 Å². The minimum atomic E-state index is -0.265. The zero-order chi connectivity index (χ0) is 18.8. The second kappa shape index (κ2) is 7.28. The summed E-state index contributed by atoms with van der Waals surface area (Å²) in [5.41, 5.74) is 3.79. The minimum Gasteiger partial charge on any atom is -0.348 e. The third-order valence-electron chi connectivity index (χ3n) is 4.29. The van der Waals surface area contributed by atoms with E-state index in [2.05, 4.69) is 15.6 Å². The number of hydrogen-bond acceptors (Lipinski definition) is 4. The largest absolute Gasteiger partial charge is 0.348 e. The van der Waals surface area contributed by atoms with Crippen LogP contribution in [0, 0.1) is 5.82 Å². The third-order valence-corrected chi connectivity index (χ3v) is 5.18. The second-order valence-corrected chi connectivity index (χ2v) is 7.26. The molecule has 0 unspecified atom stereocenters. The SMILES string of the molecule is O=C(Cc1csc(Cc2ccc(F)cc2)n1)Nc1ccc2c(c1)C(=O)NC2. The molecule has 27 heavy (non-hydrogen) atoms. The first-order chi connectivity index (χ1) is 13.1. The van der Waals surface area contributed by atoms with Gasteiger partial charge in [-0.15, -0.1) is 11.3 Å². The number of anilines is 1. The molecular formula is C20H16FN3O2S. The van der Waals surface area contributed by atoms with Crippen LogP contribution < -0.4 is 10.6 Å². The lowest BCUT2D eigenvalue weighted by Gasteiger charge is -2.05. The molecule has 0 radical (unpaired) electrons. The average Bonchev–Trinajstić information content (AvgIpc) is 3.24. The number of nitrogens with one attached hydrogen (secondary N) is 2. The van der Waals surface area contributed by atoms with Gasteiger partial charge in [-0.2, -0.15) is 0 Å². The Labute approximate surface area is 159 Å². The number of hydrogen-bond donors (Lipinski definition) is 2. The van der Waals surface area contributed by atoms with Gasteiger partial charge in [0.05, 0.1) is 17.1 Å². The number of halogens is 1. The maximum Gasteiger partial charge on any atom is 0.251 e. The molecule has 5 nitrogen and oxygen atoms in total. The van der Waals surface area contributed by atoms with E-state index in [1.54, 1.807) is 24.3 Å². The van der Waals surface area contributed by atoms with Crippen molar-refractivity contribution in [1.29, 1.82) is 0 Å². The van der Waals surface area contributed by atoms with Crippen LogP contribution in [0.4, 0.5) is 10.1 Å². The summed E-state index contributed by atoms with van der Waals surface area (Å²) in [6.45, 7) is 0.526. The maximum absolute atomic E-state index is 13.0. The van der Waals surface area contributed by atoms with Crippen molar-refractivity contribution in [2.75, 3.05) is 5.32 Å². The van der Waals surface area contributed by atoms with Gasteiger partial charge in [0, 0.05) is 29.6 Å². The Balaban J connectivity index is 1.37. The summed E-state index contributed by atoms with van der Waals surface area (Å²) in [6, 6.07) is 11.6. The molecule has 2 heterocycles. The maximum atomic E-state index is 13.0. The molecule has 0 atom stereocenters. The van der Waals surface area contributed by atoms with Gasteiger partial charge in [-0.1, -0.05) is 18.2 Å². The molecule has 0 saturated heterocycles. The Morgan fingerprint density at radius 3 is 2.85 bits per heavy atom. The van der Waals surface area contributed by atoms with Gasteiger partial charge in [0.25, 0.3) is 5.91 Å². The smallest absolute Gasteiger partial charge is 0.251 e. The van der Waals surface area contributed by atoms with Crippen molar-refractivity contribution >= 4 is 28.8 Å². The average molecular weight is 381 g/mol. The van der Waals surface area contributed by atoms with E-state index in [0.717, 1.165) is 16.1 Å². The van der Waals surface area contributed by atoms with E-state index < -0.39 is 0 Å². The summed E-state index contributed by atoms with van der Waals surface area (Å²) in [4.78, 5) is 28.5. The van der Waals surface area contributed by atoms with Crippen molar-refractivity contribution in [3.8, 4) is 0 Å². The zero-order valence-electron chi connectivity index (χ0n) is 14.3. The number of carbonyl (C=O) groups is 2. The Bertz CT molecular complexity index is 1010. The van der Waals surface area contributed by atoms with E-state index in [0.29, 0.717) is 29.9 Å². The van der Waals surface area contributed by atoms with Gasteiger partial charge < -0.3 is 10.6 Å². The predicted octanol–water partition coefficient (Wildman–Crippen LogP) is 3.30. The molecule has 1 aliphatic rings. The van der Waals surface area contributed by atoms with Gasteiger partial charge in [0.2, 0.25) is 5.91 Å². The van der Waals surface area contributed by atoms with E-state index in [1.165, 1.54) is 23.5 Å². The number of thiazole rings is 1. The molecule has 2 aromatic carbocycles. The highest BCUT2D eigenvalue weighted by molar-refractivity contribution is 7.09. The van der Waals surface area contributed by atoms with E-state index in [9.17, 15) is 14.0 Å². The first kappa shape index (κ1) is 17.4. The molecule has 1 aliphatic heterocycles. The normalized spacial score (nSPS) is 12.6. The van der Waals surface area contributed by atoms with Crippen LogP contribution in [0.5, 0.6) is 0 Å². The molecule has 4 rings (SSSR count). The Morgan fingerprint density at radius 1 is 1.22 bits per heavy atom. The number of amides is 2. The van der Waals surface area contributed by atoms with Gasteiger partial charge in [-0.3, -0.25) is 9.59 Å². The number of rotatable bonds is 5. The monoisotopic (exact) mass is 381 g/mol. The van der Waals surface area contributed by atoms with E-state index >= 15 is 0 Å². The van der Waals surface area contributed by atoms with Crippen LogP contribution in [0.15, 0.2) is 47.8 Å². The molecule has 0 fully saturated rings. The Morgan fingerprint density at radius 2 is 2.04 bits per heavy atom. The van der Waals surface area contributed by atoms with Crippen LogP contribution in [0.1, 0.15) is 32.2 Å². The topological polar surface area (TPSA) is 71.1 Å². The summed E-state index contributed by atoms with van der Waals surface area (Å²) in [7, 11) is 0. The van der Waals surface area contributed by atoms with E-state index in [-0.39, 0.29) is 24.1 Å². The van der Waals surface area contributed by atoms with Gasteiger partial charge in [-0.25, -0.2) is 9.37 Å². The fourth-order valence-electron chi connectivity index (χ4n) is 2.95. The van der Waals surface area contributed by atoms with Crippen molar-refractivity contribution in [3.63, 3.8) is 0 Å². The molecule has 0 saturated carbocycles. The number of fused-ring (bicyclic) bond motifs is 1. The van der Waals surface area contributed by atoms with Crippen LogP contribution in [0.25, 0.3) is 0 Å². The second-order valence-electron chi connectivity index (χ2n) is 6.32. The highest BCUT2D eigenvalue weighted by Crippen LogP contribution is 2.21. The highest BCUT2D eigenvalue weighted by atomic mass is 32.1. The Kier molecular flexibility index (Phi) is 4.68. The molecule has 0 bridgehead atoms. The minimum absolute atomic E-state index is 0.119. The summed E-state index contributed by atoms with van der Waals surface area (Å²) in [5.74, 6) is -0.572. The van der Waals surface area contributed by atoms with Crippen LogP contribution in [-0.2, 0) is 24.2 Å². The first-order valence-electron chi connectivity index (χ1n) is 8.45. The Hall–Kier alpha value is -3.06. The third kappa shape index (κ3) is 4.03. The van der Waals surface area contributed by atoms with Crippen LogP contribution in [0.3, 0.4) is 0 Å². The fraction of sp³-hybridized carbons (Fsp3) is 0.150. The summed E-state index contributed by atoms with van der Waals surface area (Å²) < 4.78 is 13.0. The molecule has 1 aromatic heterocycles. The van der Waals surface area contributed by atoms with Gasteiger partial charge in [0.15, 0.2) is 0 Å². The van der Waals surface area contributed by atoms with Crippen LogP contribution in [-0.4, -0.2) is 16.8 Å². The zero-order valence-corrected chi connectivity index (χ0v) is 15.1. The number of nitrogens with zero attached hydrogens (tertiary/aromatic N) is 1. The van der Waals surface area contributed by atoms with E-state index in [4.69, 9.17) is 0 Å². The lowest BCUT2D eigenvalue weighted by atomic mass is 10.1. The van der Waals surface area contributed by atoms with Crippen molar-refractivity contribution in [1.82, 2.24) is 10.3 Å². The predicted molar refractivity (Wildman–Crippen MR) is 101 cm³/mol. The molecule has 136 valence electrons. The lowest BCUT2D eigenvalue weighted by molar-refractivity contribution is -0.115. The quantitative estimate of drug-likeness (QED) is 0.712. The molecule has 3 aromatic rings. The highest BCUT2D eigenvalue weighted by Gasteiger charge is 2.19. The number of aromatic nitrogens is 1. The van der Waals surface area contributed by atoms with Crippen molar-refractivity contribution in [2.24, 2.45) is 0 Å². The van der Waals surface area contributed by atoms with Crippen LogP contribution in [0.2, 0.25) is 0 Å². The molecular weight excluding hydrogens is 365 g/mol. The molecule has 2 N–H and O–H groups in total. The van der Waals surface area contributed by atoms with Gasteiger partial charge in [0.1, 0.15) is 5.82 Å². The first-order valence-corrected chi connectivity index (χ1v) is 9.33. The summed E-state index contributed by atoms with van der Waals surface area (Å²) in [5, 5.41) is 8.29. The number of carbonyl (C=O) groups excluding carboxylic acids is 2. The lowest BCUT2D eigenvalue weighted by Crippen LogP contribution is -2.15. The van der Waals surface area contributed by atoms with E-state index in [1.807, 2.05) is 11.4 Å². The van der Waals surface area contributed by atoms with Crippen LogP contribution >= 0.6 is 11.3 Å². The molecule has 7 heteroatoms. The standard InChI is InChI=1S/C20H16FN3O2S/c21-14-4-1-12(2-5-14)7-19-24-16(11-27-19)9-18(25)23-15-6-3-13-10-22-20(26)17(13)8-15/h1-6,8,11H,7,9-10H2,(H,22,26)(H,23,25). The summed E-state index contributed by atoms with van der Waals surface area (Å²) in [6.07, 6.45) is 0.760. The van der Waals surface area contributed by atoms with Crippen molar-refractivity contribution in [3.05, 3.63) is 81.1 Å². The number of benzene rings is 2. The van der Waals surface area contributed by atoms with Crippen molar-refractivity contribution in [2.45, 2.75) is 19.4 Å². The molecule has 2 amide bonds. The molecule has 0 aliphatic carbocycles.